The normalized spacial score (nSPS) is 11.8. The van der Waals surface area contributed by atoms with E-state index >= 15 is 0 Å². The van der Waals surface area contributed by atoms with Gasteiger partial charge in [0.05, 0.1) is 0 Å². The van der Waals surface area contributed by atoms with E-state index in [1.807, 2.05) is 25.2 Å². The molecule has 0 amide bonds. The van der Waals surface area contributed by atoms with Crippen molar-refractivity contribution in [3.8, 4) is 11.3 Å². The third kappa shape index (κ3) is 3.17. The highest BCUT2D eigenvalue weighted by Crippen LogP contribution is 2.19. The second-order valence-corrected chi connectivity index (χ2v) is 5.45. The van der Waals surface area contributed by atoms with Gasteiger partial charge in [-0.05, 0) is 20.8 Å². The lowest BCUT2D eigenvalue weighted by Crippen LogP contribution is -2.35. The Morgan fingerprint density at radius 2 is 1.78 bits per heavy atom. The summed E-state index contributed by atoms with van der Waals surface area (Å²) >= 11 is 0. The van der Waals surface area contributed by atoms with Crippen molar-refractivity contribution in [2.45, 2.75) is 32.9 Å². The Hall–Kier alpha value is -1.68. The highest BCUT2D eigenvalue weighted by Gasteiger charge is 2.15. The predicted octanol–water partition coefficient (Wildman–Crippen LogP) is 2.37. The van der Waals surface area contributed by atoms with Crippen molar-refractivity contribution in [2.24, 2.45) is 7.05 Å². The van der Waals surface area contributed by atoms with Gasteiger partial charge >= 0.3 is 0 Å². The first-order chi connectivity index (χ1) is 8.46. The lowest BCUT2D eigenvalue weighted by atomic mass is 10.1. The molecule has 0 aliphatic heterocycles. The molecule has 0 fully saturated rings. The quantitative estimate of drug-likeness (QED) is 0.901. The monoisotopic (exact) mass is 244 g/mol. The molecule has 2 rings (SSSR count). The highest BCUT2D eigenvalue weighted by molar-refractivity contribution is 5.60. The predicted molar refractivity (Wildman–Crippen MR) is 73.0 cm³/mol. The average molecular weight is 244 g/mol. The van der Waals surface area contributed by atoms with Crippen LogP contribution in [-0.4, -0.2) is 20.5 Å². The molecule has 0 radical (unpaired) electrons. The Kier molecular flexibility index (Phi) is 3.48. The Balaban J connectivity index is 2.26. The van der Waals surface area contributed by atoms with Crippen LogP contribution in [0, 0.1) is 0 Å². The summed E-state index contributed by atoms with van der Waals surface area (Å²) in [5, 5.41) is 12.3. The summed E-state index contributed by atoms with van der Waals surface area (Å²) in [6, 6.07) is 10.2. The van der Waals surface area contributed by atoms with Crippen LogP contribution in [0.3, 0.4) is 0 Å². The summed E-state index contributed by atoms with van der Waals surface area (Å²) in [4.78, 5) is 1.63. The summed E-state index contributed by atoms with van der Waals surface area (Å²) in [6.45, 7) is 7.16. The number of aromatic nitrogens is 3. The molecule has 1 heterocycles. The third-order valence-electron chi connectivity index (χ3n) is 2.62. The van der Waals surface area contributed by atoms with Crippen LogP contribution in [0.5, 0.6) is 0 Å². The summed E-state index contributed by atoms with van der Waals surface area (Å²) in [6.07, 6.45) is 0. The maximum absolute atomic E-state index is 4.45. The van der Waals surface area contributed by atoms with Crippen LogP contribution in [0.2, 0.25) is 0 Å². The average Bonchev–Trinajstić information content (AvgIpc) is 2.68. The van der Waals surface area contributed by atoms with E-state index < -0.39 is 0 Å². The van der Waals surface area contributed by atoms with E-state index in [1.54, 1.807) is 4.80 Å². The lowest BCUT2D eigenvalue weighted by Gasteiger charge is -2.19. The fourth-order valence-corrected chi connectivity index (χ4v) is 1.74. The van der Waals surface area contributed by atoms with Crippen LogP contribution in [0.25, 0.3) is 11.3 Å². The van der Waals surface area contributed by atoms with Crippen LogP contribution in [-0.2, 0) is 13.6 Å². The van der Waals surface area contributed by atoms with Crippen molar-refractivity contribution in [1.29, 1.82) is 0 Å². The van der Waals surface area contributed by atoms with Crippen LogP contribution in [0.15, 0.2) is 30.3 Å². The fraction of sp³-hybridized carbons (Fsp3) is 0.429. The number of rotatable bonds is 3. The minimum Gasteiger partial charge on any atom is -0.306 e. The Bertz CT molecular complexity index is 508. The van der Waals surface area contributed by atoms with E-state index in [9.17, 15) is 0 Å². The van der Waals surface area contributed by atoms with E-state index in [1.165, 1.54) is 0 Å². The van der Waals surface area contributed by atoms with Gasteiger partial charge in [-0.15, -0.1) is 0 Å². The Labute approximate surface area is 108 Å². The number of hydrogen-bond donors (Lipinski definition) is 1. The zero-order valence-electron chi connectivity index (χ0n) is 11.4. The molecule has 1 N–H and O–H groups in total. The SMILES string of the molecule is Cn1nc(CNC(C)(C)C)c(-c2ccccc2)n1. The maximum Gasteiger partial charge on any atom is 0.117 e. The van der Waals surface area contributed by atoms with Crippen molar-refractivity contribution < 1.29 is 0 Å². The van der Waals surface area contributed by atoms with Crippen molar-refractivity contribution in [1.82, 2.24) is 20.3 Å². The molecule has 0 bridgehead atoms. The molecule has 0 saturated heterocycles. The molecule has 96 valence electrons. The number of nitrogens with zero attached hydrogens (tertiary/aromatic N) is 3. The highest BCUT2D eigenvalue weighted by atomic mass is 15.5. The standard InChI is InChI=1S/C14H20N4/c1-14(2,3)15-10-12-13(17-18(4)16-12)11-8-6-5-7-9-11/h5-9,15H,10H2,1-4H3. The molecule has 4 heteroatoms. The van der Waals surface area contributed by atoms with Crippen molar-refractivity contribution in [3.63, 3.8) is 0 Å². The molecule has 1 aromatic heterocycles. The van der Waals surface area contributed by atoms with Gasteiger partial charge in [-0.25, -0.2) is 0 Å². The third-order valence-corrected chi connectivity index (χ3v) is 2.62. The molecule has 0 aliphatic carbocycles. The Morgan fingerprint density at radius 3 is 2.39 bits per heavy atom. The molecule has 0 unspecified atom stereocenters. The van der Waals surface area contributed by atoms with Crippen LogP contribution in [0.1, 0.15) is 26.5 Å². The van der Waals surface area contributed by atoms with Crippen molar-refractivity contribution >= 4 is 0 Å². The van der Waals surface area contributed by atoms with Crippen LogP contribution in [0.4, 0.5) is 0 Å². The topological polar surface area (TPSA) is 42.7 Å². The molecule has 18 heavy (non-hydrogen) atoms. The molecule has 4 nitrogen and oxygen atoms in total. The second kappa shape index (κ2) is 4.90. The van der Waals surface area contributed by atoms with Crippen LogP contribution < -0.4 is 5.32 Å². The van der Waals surface area contributed by atoms with Gasteiger partial charge in [0.2, 0.25) is 0 Å². The molecule has 2 aromatic rings. The van der Waals surface area contributed by atoms with Gasteiger partial charge in [0.15, 0.2) is 0 Å². The lowest BCUT2D eigenvalue weighted by molar-refractivity contribution is 0.420. The zero-order valence-corrected chi connectivity index (χ0v) is 11.4. The Morgan fingerprint density at radius 1 is 1.11 bits per heavy atom. The van der Waals surface area contributed by atoms with Gasteiger partial charge in [0, 0.05) is 24.7 Å². The van der Waals surface area contributed by atoms with E-state index in [0.717, 1.165) is 23.5 Å². The number of hydrogen-bond acceptors (Lipinski definition) is 3. The maximum atomic E-state index is 4.45. The van der Waals surface area contributed by atoms with Gasteiger partial charge in [-0.2, -0.15) is 15.0 Å². The van der Waals surface area contributed by atoms with Crippen molar-refractivity contribution in [2.75, 3.05) is 0 Å². The van der Waals surface area contributed by atoms with Gasteiger partial charge < -0.3 is 5.32 Å². The molecular weight excluding hydrogens is 224 g/mol. The van der Waals surface area contributed by atoms with Gasteiger partial charge in [0.1, 0.15) is 11.4 Å². The number of nitrogens with one attached hydrogen (secondary N) is 1. The van der Waals surface area contributed by atoms with Crippen LogP contribution >= 0.6 is 0 Å². The van der Waals surface area contributed by atoms with E-state index in [-0.39, 0.29) is 5.54 Å². The second-order valence-electron chi connectivity index (χ2n) is 5.45. The number of aryl methyl sites for hydroxylation is 1. The van der Waals surface area contributed by atoms with Gasteiger partial charge in [-0.1, -0.05) is 30.3 Å². The van der Waals surface area contributed by atoms with E-state index in [4.69, 9.17) is 0 Å². The minimum absolute atomic E-state index is 0.0749. The van der Waals surface area contributed by atoms with Crippen molar-refractivity contribution in [3.05, 3.63) is 36.0 Å². The first kappa shape index (κ1) is 12.8. The zero-order chi connectivity index (χ0) is 13.2. The first-order valence-electron chi connectivity index (χ1n) is 6.16. The van der Waals surface area contributed by atoms with Gasteiger partial charge in [-0.3, -0.25) is 0 Å². The summed E-state index contributed by atoms with van der Waals surface area (Å²) in [7, 11) is 1.85. The minimum atomic E-state index is 0.0749. The molecule has 0 spiro atoms. The molecule has 0 atom stereocenters. The summed E-state index contributed by atoms with van der Waals surface area (Å²) < 4.78 is 0. The molecule has 0 saturated carbocycles. The largest absolute Gasteiger partial charge is 0.306 e. The van der Waals surface area contributed by atoms with E-state index in [0.29, 0.717) is 0 Å². The number of benzene rings is 1. The first-order valence-corrected chi connectivity index (χ1v) is 6.16. The molecular formula is C14H20N4. The van der Waals surface area contributed by atoms with E-state index in [2.05, 4.69) is 48.4 Å². The summed E-state index contributed by atoms with van der Waals surface area (Å²) in [5.41, 5.74) is 3.12. The molecule has 0 aliphatic rings. The molecule has 1 aromatic carbocycles. The smallest absolute Gasteiger partial charge is 0.117 e. The summed E-state index contributed by atoms with van der Waals surface area (Å²) in [5.74, 6) is 0. The van der Waals surface area contributed by atoms with Gasteiger partial charge in [0.25, 0.3) is 0 Å². The fourth-order valence-electron chi connectivity index (χ4n) is 1.74.